The van der Waals surface area contributed by atoms with Crippen molar-refractivity contribution in [3.8, 4) is 0 Å². The van der Waals surface area contributed by atoms with Crippen molar-refractivity contribution in [1.29, 1.82) is 0 Å². The van der Waals surface area contributed by atoms with E-state index < -0.39 is 20.0 Å². The summed E-state index contributed by atoms with van der Waals surface area (Å²) < 4.78 is 23.6. The predicted octanol–water partition coefficient (Wildman–Crippen LogP) is 14.1. The molecule has 3 atom stereocenters. The van der Waals surface area contributed by atoms with Gasteiger partial charge in [-0.2, -0.15) is 0 Å². The minimum absolute atomic E-state index is 0.0783. The molecule has 57 heavy (non-hydrogen) atoms. The highest BCUT2D eigenvalue weighted by molar-refractivity contribution is 7.47. The molecule has 0 aromatic carbocycles. The molecule has 0 bridgehead atoms. The summed E-state index contributed by atoms with van der Waals surface area (Å²) >= 11 is 0. The van der Waals surface area contributed by atoms with Gasteiger partial charge in [-0.1, -0.05) is 232 Å². The lowest BCUT2D eigenvalue weighted by molar-refractivity contribution is -0.870. The predicted molar refractivity (Wildman–Crippen MR) is 245 cm³/mol. The molecule has 0 heterocycles. The highest BCUT2D eigenvalue weighted by Gasteiger charge is 2.28. The number of phosphoric acid groups is 1. The number of aliphatic hydroxyl groups excluding tert-OH is 1. The Morgan fingerprint density at radius 2 is 0.842 bits per heavy atom. The summed E-state index contributed by atoms with van der Waals surface area (Å²) in [6.07, 6.45) is 45.9. The number of aliphatic hydroxyl groups is 1. The number of likely N-dealkylation sites (N-methyl/N-ethyl adjacent to an activating group) is 1. The molecule has 0 radical (unpaired) electrons. The second kappa shape index (κ2) is 40.9. The van der Waals surface area contributed by atoms with Gasteiger partial charge in [0.1, 0.15) is 13.2 Å². The standard InChI is InChI=1S/C48H99N2O6P/c1-6-8-10-12-14-16-17-18-19-20-21-22-23-24-25-26-27-28-29-30-31-32-34-36-38-40-42-48(52)49-46(45-56-57(53,54)55-44-43-50(3,4)5)47(51)41-39-37-35-33-15-13-11-9-7-2/h46-47,51H,6-45H2,1-5H3,(H-,49,52,53,54)/p+1. The number of carbonyl (C=O) groups is 1. The third-order valence-corrected chi connectivity index (χ3v) is 12.6. The third-order valence-electron chi connectivity index (χ3n) is 11.6. The SMILES string of the molecule is CCCCCCCCCCCCCCCCCCCCCCCCCCCCC(=O)NC(COP(=O)(O)OCC[N+](C)(C)C)C(O)CCCCCCCCCCC. The molecule has 0 saturated heterocycles. The smallest absolute Gasteiger partial charge is 0.391 e. The molecule has 9 heteroatoms. The van der Waals surface area contributed by atoms with Crippen molar-refractivity contribution in [2.45, 2.75) is 264 Å². The van der Waals surface area contributed by atoms with Crippen LogP contribution < -0.4 is 5.32 Å². The van der Waals surface area contributed by atoms with E-state index in [1.54, 1.807) is 0 Å². The van der Waals surface area contributed by atoms with Crippen LogP contribution in [0.25, 0.3) is 0 Å². The zero-order valence-electron chi connectivity index (χ0n) is 38.9. The monoisotopic (exact) mass is 832 g/mol. The lowest BCUT2D eigenvalue weighted by Crippen LogP contribution is -2.46. The molecule has 3 unspecified atom stereocenters. The Morgan fingerprint density at radius 1 is 0.526 bits per heavy atom. The first-order valence-electron chi connectivity index (χ1n) is 24.9. The number of hydrogen-bond acceptors (Lipinski definition) is 5. The van der Waals surface area contributed by atoms with Gasteiger partial charge < -0.3 is 19.8 Å². The van der Waals surface area contributed by atoms with E-state index in [1.807, 2.05) is 21.1 Å². The van der Waals surface area contributed by atoms with Gasteiger partial charge in [0.15, 0.2) is 0 Å². The van der Waals surface area contributed by atoms with E-state index in [2.05, 4.69) is 19.2 Å². The molecule has 342 valence electrons. The fourth-order valence-corrected chi connectivity index (χ4v) is 8.37. The molecule has 0 saturated carbocycles. The van der Waals surface area contributed by atoms with Gasteiger partial charge in [0.2, 0.25) is 5.91 Å². The minimum Gasteiger partial charge on any atom is -0.391 e. The molecule has 0 spiro atoms. The number of nitrogens with zero attached hydrogens (tertiary/aromatic N) is 1. The van der Waals surface area contributed by atoms with Crippen LogP contribution in [0.2, 0.25) is 0 Å². The van der Waals surface area contributed by atoms with Gasteiger partial charge in [0.25, 0.3) is 0 Å². The summed E-state index contributed by atoms with van der Waals surface area (Å²) in [6.45, 7) is 4.89. The maximum Gasteiger partial charge on any atom is 0.472 e. The van der Waals surface area contributed by atoms with E-state index in [0.717, 1.165) is 38.5 Å². The molecule has 0 aliphatic rings. The van der Waals surface area contributed by atoms with Gasteiger partial charge in [-0.15, -0.1) is 0 Å². The molecule has 1 amide bonds. The molecule has 0 aliphatic carbocycles. The van der Waals surface area contributed by atoms with Crippen molar-refractivity contribution in [3.05, 3.63) is 0 Å². The van der Waals surface area contributed by atoms with Crippen LogP contribution in [-0.2, 0) is 18.4 Å². The van der Waals surface area contributed by atoms with Gasteiger partial charge >= 0.3 is 7.82 Å². The van der Waals surface area contributed by atoms with E-state index >= 15 is 0 Å². The normalized spacial score (nSPS) is 14.2. The maximum absolute atomic E-state index is 12.9. The van der Waals surface area contributed by atoms with Crippen molar-refractivity contribution in [3.63, 3.8) is 0 Å². The first-order valence-corrected chi connectivity index (χ1v) is 26.4. The van der Waals surface area contributed by atoms with E-state index in [0.29, 0.717) is 23.9 Å². The van der Waals surface area contributed by atoms with Gasteiger partial charge in [-0.25, -0.2) is 4.57 Å². The largest absolute Gasteiger partial charge is 0.472 e. The molecule has 3 N–H and O–H groups in total. The van der Waals surface area contributed by atoms with Crippen LogP contribution in [0.15, 0.2) is 0 Å². The van der Waals surface area contributed by atoms with E-state index in [4.69, 9.17) is 9.05 Å². The number of unbranched alkanes of at least 4 members (excludes halogenated alkanes) is 33. The molecule has 0 fully saturated rings. The fraction of sp³-hybridized carbons (Fsp3) is 0.979. The average molecular weight is 832 g/mol. The number of amides is 1. The van der Waals surface area contributed by atoms with Crippen molar-refractivity contribution in [1.82, 2.24) is 5.32 Å². The van der Waals surface area contributed by atoms with Crippen LogP contribution in [0.4, 0.5) is 0 Å². The minimum atomic E-state index is -4.30. The fourth-order valence-electron chi connectivity index (χ4n) is 7.64. The van der Waals surface area contributed by atoms with Gasteiger partial charge in [-0.3, -0.25) is 13.8 Å². The summed E-state index contributed by atoms with van der Waals surface area (Å²) in [4.78, 5) is 23.1. The van der Waals surface area contributed by atoms with Crippen LogP contribution in [0.3, 0.4) is 0 Å². The Kier molecular flexibility index (Phi) is 40.5. The maximum atomic E-state index is 12.9. The Balaban J connectivity index is 4.00. The van der Waals surface area contributed by atoms with Crippen LogP contribution in [0, 0.1) is 0 Å². The zero-order chi connectivity index (χ0) is 42.1. The van der Waals surface area contributed by atoms with Crippen LogP contribution >= 0.6 is 7.82 Å². The van der Waals surface area contributed by atoms with Crippen LogP contribution in [0.1, 0.15) is 251 Å². The quantitative estimate of drug-likeness (QED) is 0.0321. The molecule has 0 rings (SSSR count). The third kappa shape index (κ3) is 43.4. The number of rotatable bonds is 46. The van der Waals surface area contributed by atoms with Crippen LogP contribution in [-0.4, -0.2) is 73.4 Å². The van der Waals surface area contributed by atoms with E-state index in [-0.39, 0.29) is 19.1 Å². The molecular formula is C48H100N2O6P+. The van der Waals surface area contributed by atoms with Gasteiger partial charge in [0.05, 0.1) is 39.9 Å². The highest BCUT2D eigenvalue weighted by Crippen LogP contribution is 2.43. The molecule has 0 aromatic heterocycles. The number of nitrogens with one attached hydrogen (secondary N) is 1. The number of hydrogen-bond donors (Lipinski definition) is 3. The van der Waals surface area contributed by atoms with Gasteiger partial charge in [-0.05, 0) is 12.8 Å². The number of phosphoric ester groups is 1. The molecule has 0 aliphatic heterocycles. The Labute approximate surface area is 355 Å². The second-order valence-corrected chi connectivity index (χ2v) is 20.0. The van der Waals surface area contributed by atoms with Gasteiger partial charge in [0, 0.05) is 6.42 Å². The van der Waals surface area contributed by atoms with E-state index in [9.17, 15) is 19.4 Å². The average Bonchev–Trinajstić information content (AvgIpc) is 3.16. The Hall–Kier alpha value is -0.500. The summed E-state index contributed by atoms with van der Waals surface area (Å²) in [5, 5.41) is 13.9. The summed E-state index contributed by atoms with van der Waals surface area (Å²) in [7, 11) is 1.63. The first kappa shape index (κ1) is 56.5. The van der Waals surface area contributed by atoms with Crippen LogP contribution in [0.5, 0.6) is 0 Å². The summed E-state index contributed by atoms with van der Waals surface area (Å²) in [5.41, 5.74) is 0. The lowest BCUT2D eigenvalue weighted by Gasteiger charge is -2.26. The van der Waals surface area contributed by atoms with Crippen molar-refractivity contribution in [2.75, 3.05) is 40.9 Å². The zero-order valence-corrected chi connectivity index (χ0v) is 39.8. The summed E-state index contributed by atoms with van der Waals surface area (Å²) in [6, 6.07) is -0.752. The summed E-state index contributed by atoms with van der Waals surface area (Å²) in [5.74, 6) is -0.141. The molecular weight excluding hydrogens is 732 g/mol. The second-order valence-electron chi connectivity index (χ2n) is 18.6. The van der Waals surface area contributed by atoms with Crippen molar-refractivity contribution >= 4 is 13.7 Å². The first-order chi connectivity index (χ1) is 27.5. The lowest BCUT2D eigenvalue weighted by atomic mass is 10.0. The van der Waals surface area contributed by atoms with E-state index in [1.165, 1.54) is 186 Å². The Morgan fingerprint density at radius 3 is 1.18 bits per heavy atom. The molecule has 8 nitrogen and oxygen atoms in total. The number of quaternary nitrogens is 1. The topological polar surface area (TPSA) is 105 Å². The number of carbonyl (C=O) groups excluding carboxylic acids is 1. The van der Waals surface area contributed by atoms with Crippen molar-refractivity contribution < 1.29 is 32.9 Å². The highest BCUT2D eigenvalue weighted by atomic mass is 31.2. The van der Waals surface area contributed by atoms with Crippen molar-refractivity contribution in [2.24, 2.45) is 0 Å². The molecule has 0 aromatic rings. The Bertz CT molecular complexity index is 901.